The van der Waals surface area contributed by atoms with Gasteiger partial charge in [0.05, 0.1) is 11.7 Å². The lowest BCUT2D eigenvalue weighted by Crippen LogP contribution is -2.36. The van der Waals surface area contributed by atoms with Crippen LogP contribution in [0.3, 0.4) is 0 Å². The van der Waals surface area contributed by atoms with Crippen LogP contribution in [0.15, 0.2) is 47.6 Å². The second kappa shape index (κ2) is 9.37. The van der Waals surface area contributed by atoms with E-state index in [9.17, 15) is 15.3 Å². The molecule has 6 atom stereocenters. The Balaban J connectivity index is 1.72. The van der Waals surface area contributed by atoms with Crippen LogP contribution in [0.1, 0.15) is 85.5 Å². The van der Waals surface area contributed by atoms with E-state index in [0.717, 1.165) is 30.8 Å². The van der Waals surface area contributed by atoms with Crippen molar-refractivity contribution in [1.82, 2.24) is 0 Å². The first-order valence-corrected chi connectivity index (χ1v) is 12.3. The summed E-state index contributed by atoms with van der Waals surface area (Å²) in [6, 6.07) is 0. The van der Waals surface area contributed by atoms with Gasteiger partial charge in [-0.1, -0.05) is 57.6 Å². The third kappa shape index (κ3) is 5.26. The van der Waals surface area contributed by atoms with Gasteiger partial charge < -0.3 is 15.3 Å². The number of hydrogen-bond donors (Lipinski definition) is 3. The predicted octanol–water partition coefficient (Wildman–Crippen LogP) is 5.87. The molecule has 0 spiro atoms. The summed E-state index contributed by atoms with van der Waals surface area (Å²) in [5, 5.41) is 30.5. The van der Waals surface area contributed by atoms with Gasteiger partial charge in [-0.15, -0.1) is 0 Å². The van der Waals surface area contributed by atoms with Crippen LogP contribution in [-0.2, 0) is 0 Å². The number of rotatable bonds is 6. The maximum atomic E-state index is 10.3. The lowest BCUT2D eigenvalue weighted by molar-refractivity contribution is 0.0596. The Morgan fingerprint density at radius 3 is 2.58 bits per heavy atom. The van der Waals surface area contributed by atoms with Gasteiger partial charge in [-0.3, -0.25) is 0 Å². The van der Waals surface area contributed by atoms with E-state index in [1.54, 1.807) is 0 Å². The Bertz CT molecular complexity index is 753. The number of aliphatic hydroxyl groups excluding tert-OH is 2. The molecule has 3 nitrogen and oxygen atoms in total. The zero-order chi connectivity index (χ0) is 23.0. The molecule has 0 amide bonds. The van der Waals surface area contributed by atoms with Gasteiger partial charge in [0.2, 0.25) is 0 Å². The van der Waals surface area contributed by atoms with E-state index in [-0.39, 0.29) is 0 Å². The van der Waals surface area contributed by atoms with Crippen molar-refractivity contribution in [2.75, 3.05) is 0 Å². The first-order valence-electron chi connectivity index (χ1n) is 12.3. The van der Waals surface area contributed by atoms with Crippen LogP contribution in [0.4, 0.5) is 0 Å². The second-order valence-corrected chi connectivity index (χ2v) is 11.4. The average Bonchev–Trinajstić information content (AvgIpc) is 3.04. The van der Waals surface area contributed by atoms with Gasteiger partial charge in [0.25, 0.3) is 0 Å². The summed E-state index contributed by atoms with van der Waals surface area (Å²) in [5.74, 6) is 2.05. The molecule has 3 rings (SSSR count). The van der Waals surface area contributed by atoms with Crippen molar-refractivity contribution in [1.29, 1.82) is 0 Å². The highest BCUT2D eigenvalue weighted by Gasteiger charge is 2.50. The first kappa shape index (κ1) is 24.5. The van der Waals surface area contributed by atoms with Crippen molar-refractivity contribution in [2.45, 2.75) is 103 Å². The summed E-state index contributed by atoms with van der Waals surface area (Å²) >= 11 is 0. The number of hydrogen-bond acceptors (Lipinski definition) is 3. The van der Waals surface area contributed by atoms with Crippen LogP contribution in [0.5, 0.6) is 0 Å². The van der Waals surface area contributed by atoms with E-state index in [1.807, 2.05) is 13.8 Å². The van der Waals surface area contributed by atoms with Crippen molar-refractivity contribution in [3.05, 3.63) is 47.6 Å². The molecule has 3 fully saturated rings. The van der Waals surface area contributed by atoms with Crippen LogP contribution in [0.25, 0.3) is 0 Å². The molecule has 0 aromatic rings. The lowest BCUT2D eigenvalue weighted by Gasteiger charge is -2.44. The van der Waals surface area contributed by atoms with E-state index in [4.69, 9.17) is 0 Å². The van der Waals surface area contributed by atoms with Crippen LogP contribution < -0.4 is 0 Å². The molecule has 3 aliphatic carbocycles. The van der Waals surface area contributed by atoms with E-state index in [2.05, 4.69) is 39.2 Å². The van der Waals surface area contributed by atoms with Crippen LogP contribution >= 0.6 is 0 Å². The molecule has 0 heterocycles. The Labute approximate surface area is 189 Å². The molecule has 3 aliphatic rings. The molecule has 3 heteroatoms. The Morgan fingerprint density at radius 1 is 1.19 bits per heavy atom. The maximum Gasteiger partial charge on any atom is 0.102 e. The Hall–Kier alpha value is -1.16. The monoisotopic (exact) mass is 428 g/mol. The molecule has 0 aromatic carbocycles. The highest BCUT2D eigenvalue weighted by atomic mass is 16.3. The summed E-state index contributed by atoms with van der Waals surface area (Å²) in [6.07, 6.45) is 12.7. The molecule has 0 bridgehead atoms. The van der Waals surface area contributed by atoms with Crippen molar-refractivity contribution in [3.63, 3.8) is 0 Å². The molecule has 3 saturated carbocycles. The standard InChI is InChI=1S/C28H44O3/c1-18(9-7-15-27(4,5)31)23-13-14-24-21(10-8-16-28(23,24)6)11-12-22-17-25(29)20(3)26(30)19(22)2/h11-12,18,23-26,29-31H,2-3,7-10,13-17H2,1,4-6H3/b21-11?,22-12-/t18-,23-,24?,25-,26+,28-/m1/s1. The summed E-state index contributed by atoms with van der Waals surface area (Å²) < 4.78 is 0. The summed E-state index contributed by atoms with van der Waals surface area (Å²) in [5.41, 5.74) is 3.41. The lowest BCUT2D eigenvalue weighted by atomic mass is 9.60. The van der Waals surface area contributed by atoms with E-state index in [1.165, 1.54) is 37.7 Å². The van der Waals surface area contributed by atoms with Crippen molar-refractivity contribution < 1.29 is 15.3 Å². The predicted molar refractivity (Wildman–Crippen MR) is 129 cm³/mol. The van der Waals surface area contributed by atoms with Crippen LogP contribution in [0.2, 0.25) is 0 Å². The zero-order valence-corrected chi connectivity index (χ0v) is 20.2. The maximum absolute atomic E-state index is 10.3. The fourth-order valence-electron chi connectivity index (χ4n) is 6.71. The summed E-state index contributed by atoms with van der Waals surface area (Å²) in [7, 11) is 0. The molecule has 174 valence electrons. The smallest absolute Gasteiger partial charge is 0.102 e. The molecular weight excluding hydrogens is 384 g/mol. The van der Waals surface area contributed by atoms with E-state index in [0.29, 0.717) is 34.8 Å². The third-order valence-electron chi connectivity index (χ3n) is 8.61. The van der Waals surface area contributed by atoms with Gasteiger partial charge >= 0.3 is 0 Å². The molecule has 0 radical (unpaired) electrons. The van der Waals surface area contributed by atoms with Crippen molar-refractivity contribution in [2.24, 2.45) is 23.2 Å². The SMILES string of the molecule is C=C1/C(=C\C=C2CCC[C@@]3(C)C2CC[C@@H]3[C@H](C)CCCC(C)(C)O)C[C@@H](O)C(=C)[C@H]1O. The molecule has 0 aromatic heterocycles. The highest BCUT2D eigenvalue weighted by molar-refractivity contribution is 5.45. The van der Waals surface area contributed by atoms with Crippen LogP contribution in [-0.4, -0.2) is 33.1 Å². The molecule has 3 N–H and O–H groups in total. The third-order valence-corrected chi connectivity index (χ3v) is 8.61. The van der Waals surface area contributed by atoms with Gasteiger partial charge in [-0.05, 0) is 92.3 Å². The van der Waals surface area contributed by atoms with Gasteiger partial charge in [-0.25, -0.2) is 0 Å². The molecule has 31 heavy (non-hydrogen) atoms. The minimum atomic E-state index is -0.842. The normalized spacial score (nSPS) is 38.0. The topological polar surface area (TPSA) is 60.7 Å². The molecular formula is C28H44O3. The minimum Gasteiger partial charge on any atom is -0.390 e. The van der Waals surface area contributed by atoms with Gasteiger partial charge in [0.1, 0.15) is 6.10 Å². The number of aliphatic hydroxyl groups is 3. The summed E-state index contributed by atoms with van der Waals surface area (Å²) in [4.78, 5) is 0. The van der Waals surface area contributed by atoms with E-state index < -0.39 is 17.8 Å². The number of allylic oxidation sites excluding steroid dienone is 3. The van der Waals surface area contributed by atoms with Gasteiger partial charge in [0.15, 0.2) is 0 Å². The number of fused-ring (bicyclic) bond motifs is 1. The fraction of sp³-hybridized carbons (Fsp3) is 0.714. The quantitative estimate of drug-likeness (QED) is 0.464. The molecule has 0 saturated heterocycles. The Morgan fingerprint density at radius 2 is 1.90 bits per heavy atom. The van der Waals surface area contributed by atoms with Gasteiger partial charge in [-0.2, -0.15) is 0 Å². The zero-order valence-electron chi connectivity index (χ0n) is 20.2. The Kier molecular flexibility index (Phi) is 7.40. The average molecular weight is 429 g/mol. The highest BCUT2D eigenvalue weighted by Crippen LogP contribution is 2.60. The molecule has 0 aliphatic heterocycles. The summed E-state index contributed by atoms with van der Waals surface area (Å²) in [6.45, 7) is 16.6. The van der Waals surface area contributed by atoms with Crippen molar-refractivity contribution in [3.8, 4) is 0 Å². The largest absolute Gasteiger partial charge is 0.390 e. The van der Waals surface area contributed by atoms with Crippen molar-refractivity contribution >= 4 is 0 Å². The second-order valence-electron chi connectivity index (χ2n) is 11.4. The van der Waals surface area contributed by atoms with Crippen LogP contribution in [0, 0.1) is 23.2 Å². The van der Waals surface area contributed by atoms with Gasteiger partial charge in [0, 0.05) is 6.42 Å². The molecule has 1 unspecified atom stereocenters. The van der Waals surface area contributed by atoms with E-state index >= 15 is 0 Å². The first-order chi connectivity index (χ1) is 14.4. The minimum absolute atomic E-state index is 0.355. The fourth-order valence-corrected chi connectivity index (χ4v) is 6.71.